The molecule has 0 aliphatic rings. The highest BCUT2D eigenvalue weighted by molar-refractivity contribution is 5.53. The normalized spacial score (nSPS) is 11.2. The van der Waals surface area contributed by atoms with Crippen LogP contribution in [0, 0.1) is 13.8 Å². The summed E-state index contributed by atoms with van der Waals surface area (Å²) in [6, 6.07) is 41.7. The van der Waals surface area contributed by atoms with Gasteiger partial charge in [-0.05, 0) is 60.4 Å². The SMILES string of the molecule is Cc1ccc(OCc2cccc(COc3ccc(C)cc3)c2C(O)(c2ccccc2)c2ccccc2)cc1. The molecule has 190 valence electrons. The summed E-state index contributed by atoms with van der Waals surface area (Å²) in [6.45, 7) is 4.72. The zero-order valence-corrected chi connectivity index (χ0v) is 21.8. The Bertz CT molecular complexity index is 1350. The van der Waals surface area contributed by atoms with Gasteiger partial charge in [0.25, 0.3) is 0 Å². The van der Waals surface area contributed by atoms with Crippen molar-refractivity contribution in [1.29, 1.82) is 0 Å². The van der Waals surface area contributed by atoms with E-state index in [1.807, 2.05) is 127 Å². The molecule has 1 N–H and O–H groups in total. The van der Waals surface area contributed by atoms with Gasteiger partial charge in [-0.1, -0.05) is 114 Å². The van der Waals surface area contributed by atoms with Gasteiger partial charge in [-0.25, -0.2) is 0 Å². The number of hydrogen-bond donors (Lipinski definition) is 1. The topological polar surface area (TPSA) is 38.7 Å². The predicted octanol–water partition coefficient (Wildman–Crippen LogP) is 7.75. The highest BCUT2D eigenvalue weighted by Crippen LogP contribution is 2.41. The minimum absolute atomic E-state index is 0.304. The third kappa shape index (κ3) is 5.49. The Morgan fingerprint density at radius 3 is 1.29 bits per heavy atom. The average Bonchev–Trinajstić information content (AvgIpc) is 2.97. The first kappa shape index (κ1) is 25.3. The summed E-state index contributed by atoms with van der Waals surface area (Å²) in [5, 5.41) is 12.7. The Balaban J connectivity index is 1.62. The van der Waals surface area contributed by atoms with Crippen LogP contribution in [0.5, 0.6) is 11.5 Å². The largest absolute Gasteiger partial charge is 0.489 e. The minimum atomic E-state index is -1.41. The van der Waals surface area contributed by atoms with Crippen LogP contribution in [0.25, 0.3) is 0 Å². The van der Waals surface area contributed by atoms with Gasteiger partial charge in [0.15, 0.2) is 0 Å². The fourth-order valence-electron chi connectivity index (χ4n) is 4.76. The first-order valence-corrected chi connectivity index (χ1v) is 12.9. The summed E-state index contributed by atoms with van der Waals surface area (Å²) < 4.78 is 12.5. The third-order valence-electron chi connectivity index (χ3n) is 6.81. The van der Waals surface area contributed by atoms with E-state index in [-0.39, 0.29) is 0 Å². The molecule has 0 saturated carbocycles. The van der Waals surface area contributed by atoms with Gasteiger partial charge < -0.3 is 14.6 Å². The molecule has 0 aromatic heterocycles. The first-order valence-electron chi connectivity index (χ1n) is 12.9. The lowest BCUT2D eigenvalue weighted by Gasteiger charge is -2.34. The molecule has 0 unspecified atom stereocenters. The van der Waals surface area contributed by atoms with Gasteiger partial charge in [0.05, 0.1) is 0 Å². The molecule has 0 atom stereocenters. The molecular weight excluding hydrogens is 468 g/mol. The summed E-state index contributed by atoms with van der Waals surface area (Å²) in [4.78, 5) is 0. The van der Waals surface area contributed by atoms with Gasteiger partial charge in [0.1, 0.15) is 30.3 Å². The van der Waals surface area contributed by atoms with Crippen molar-refractivity contribution in [3.63, 3.8) is 0 Å². The zero-order valence-electron chi connectivity index (χ0n) is 21.8. The number of rotatable bonds is 9. The van der Waals surface area contributed by atoms with E-state index in [9.17, 15) is 5.11 Å². The molecule has 0 heterocycles. The van der Waals surface area contributed by atoms with Crippen LogP contribution in [-0.2, 0) is 18.8 Å². The maximum Gasteiger partial charge on any atom is 0.141 e. The average molecular weight is 501 g/mol. The van der Waals surface area contributed by atoms with Crippen LogP contribution < -0.4 is 9.47 Å². The van der Waals surface area contributed by atoms with Crippen LogP contribution in [0.3, 0.4) is 0 Å². The maximum atomic E-state index is 12.7. The van der Waals surface area contributed by atoms with Crippen molar-refractivity contribution in [1.82, 2.24) is 0 Å². The molecule has 0 aliphatic heterocycles. The molecule has 0 amide bonds. The molecule has 38 heavy (non-hydrogen) atoms. The van der Waals surface area contributed by atoms with E-state index >= 15 is 0 Å². The minimum Gasteiger partial charge on any atom is -0.489 e. The van der Waals surface area contributed by atoms with E-state index in [4.69, 9.17) is 9.47 Å². The maximum absolute atomic E-state index is 12.7. The molecule has 0 radical (unpaired) electrons. The smallest absolute Gasteiger partial charge is 0.141 e. The summed E-state index contributed by atoms with van der Waals surface area (Å²) in [7, 11) is 0. The van der Waals surface area contributed by atoms with E-state index in [1.54, 1.807) is 0 Å². The lowest BCUT2D eigenvalue weighted by atomic mass is 9.76. The van der Waals surface area contributed by atoms with Crippen molar-refractivity contribution in [3.05, 3.63) is 166 Å². The Morgan fingerprint density at radius 2 is 0.895 bits per heavy atom. The van der Waals surface area contributed by atoms with Gasteiger partial charge in [0, 0.05) is 5.56 Å². The van der Waals surface area contributed by atoms with Crippen LogP contribution in [0.1, 0.15) is 38.9 Å². The summed E-state index contributed by atoms with van der Waals surface area (Å²) in [5.41, 5.74) is 5.07. The monoisotopic (exact) mass is 500 g/mol. The summed E-state index contributed by atoms with van der Waals surface area (Å²) in [5.74, 6) is 1.57. The molecule has 0 bridgehead atoms. The van der Waals surface area contributed by atoms with Crippen LogP contribution in [-0.4, -0.2) is 5.11 Å². The third-order valence-corrected chi connectivity index (χ3v) is 6.81. The summed E-state index contributed by atoms with van der Waals surface area (Å²) in [6.07, 6.45) is 0. The number of ether oxygens (including phenoxy) is 2. The second-order valence-corrected chi connectivity index (χ2v) is 9.60. The van der Waals surface area contributed by atoms with Gasteiger partial charge in [-0.3, -0.25) is 0 Å². The van der Waals surface area contributed by atoms with Crippen molar-refractivity contribution < 1.29 is 14.6 Å². The molecule has 0 saturated heterocycles. The van der Waals surface area contributed by atoms with Gasteiger partial charge in [-0.15, -0.1) is 0 Å². The lowest BCUT2D eigenvalue weighted by Crippen LogP contribution is -2.32. The quantitative estimate of drug-likeness (QED) is 0.210. The van der Waals surface area contributed by atoms with Gasteiger partial charge in [0.2, 0.25) is 0 Å². The highest BCUT2D eigenvalue weighted by Gasteiger charge is 2.37. The molecule has 3 nitrogen and oxygen atoms in total. The molecule has 0 spiro atoms. The van der Waals surface area contributed by atoms with Crippen molar-refractivity contribution in [2.45, 2.75) is 32.7 Å². The molecular formula is C35H32O3. The summed E-state index contributed by atoms with van der Waals surface area (Å²) >= 11 is 0. The predicted molar refractivity (Wildman–Crippen MR) is 152 cm³/mol. The molecule has 5 aromatic carbocycles. The van der Waals surface area contributed by atoms with Gasteiger partial charge in [-0.2, -0.15) is 0 Å². The second kappa shape index (κ2) is 11.4. The first-order chi connectivity index (χ1) is 18.5. The Labute approximate surface area is 225 Å². The number of aryl methyl sites for hydroxylation is 2. The van der Waals surface area contributed by atoms with Crippen molar-refractivity contribution in [2.75, 3.05) is 0 Å². The van der Waals surface area contributed by atoms with Crippen LogP contribution in [0.15, 0.2) is 127 Å². The van der Waals surface area contributed by atoms with Crippen LogP contribution >= 0.6 is 0 Å². The molecule has 5 rings (SSSR count). The van der Waals surface area contributed by atoms with E-state index in [1.165, 1.54) is 11.1 Å². The number of benzene rings is 5. The van der Waals surface area contributed by atoms with Crippen molar-refractivity contribution in [3.8, 4) is 11.5 Å². The van der Waals surface area contributed by atoms with Gasteiger partial charge >= 0.3 is 0 Å². The Kier molecular flexibility index (Phi) is 7.57. The fourth-order valence-corrected chi connectivity index (χ4v) is 4.76. The lowest BCUT2D eigenvalue weighted by molar-refractivity contribution is 0.120. The Morgan fingerprint density at radius 1 is 0.500 bits per heavy atom. The van der Waals surface area contributed by atoms with E-state index in [0.717, 1.165) is 39.3 Å². The van der Waals surface area contributed by atoms with E-state index in [0.29, 0.717) is 13.2 Å². The molecule has 5 aromatic rings. The van der Waals surface area contributed by atoms with Crippen molar-refractivity contribution >= 4 is 0 Å². The molecule has 3 heteroatoms. The number of hydrogen-bond acceptors (Lipinski definition) is 3. The van der Waals surface area contributed by atoms with Crippen LogP contribution in [0.2, 0.25) is 0 Å². The van der Waals surface area contributed by atoms with E-state index < -0.39 is 5.60 Å². The fraction of sp³-hybridized carbons (Fsp3) is 0.143. The zero-order chi connectivity index (χ0) is 26.4. The molecule has 0 aliphatic carbocycles. The Hall–Kier alpha value is -4.34. The highest BCUT2D eigenvalue weighted by atomic mass is 16.5. The van der Waals surface area contributed by atoms with Crippen LogP contribution in [0.4, 0.5) is 0 Å². The number of aliphatic hydroxyl groups is 1. The molecule has 0 fully saturated rings. The second-order valence-electron chi connectivity index (χ2n) is 9.60. The van der Waals surface area contributed by atoms with E-state index in [2.05, 4.69) is 13.8 Å². The van der Waals surface area contributed by atoms with Crippen molar-refractivity contribution in [2.24, 2.45) is 0 Å². The standard InChI is InChI=1S/C35H32O3/c1-26-16-20-32(21-17-26)37-24-28-10-9-11-29(25-38-33-22-18-27(2)19-23-33)34(28)35(36,30-12-5-3-6-13-30)31-14-7-4-8-15-31/h3-23,36H,24-25H2,1-2H3.